The van der Waals surface area contributed by atoms with Gasteiger partial charge >= 0.3 is 0 Å². The van der Waals surface area contributed by atoms with E-state index in [0.717, 1.165) is 5.92 Å². The number of nitrogens with zero attached hydrogens (tertiary/aromatic N) is 1. The van der Waals surface area contributed by atoms with Gasteiger partial charge in [-0.25, -0.2) is 0 Å². The third-order valence-electron chi connectivity index (χ3n) is 3.39. The van der Waals surface area contributed by atoms with Crippen LogP contribution in [0.4, 0.5) is 0 Å². The molecule has 0 heterocycles. The van der Waals surface area contributed by atoms with Crippen LogP contribution in [0.25, 0.3) is 0 Å². The molecule has 0 saturated heterocycles. The summed E-state index contributed by atoms with van der Waals surface area (Å²) in [5, 5.41) is 0. The van der Waals surface area contributed by atoms with Gasteiger partial charge < -0.3 is 10.6 Å². The molecular weight excluding hydrogens is 160 g/mol. The topological polar surface area (TPSA) is 29.3 Å². The maximum Gasteiger partial charge on any atom is 0.0244 e. The van der Waals surface area contributed by atoms with Crippen molar-refractivity contribution in [3.05, 3.63) is 0 Å². The Bertz CT molecular complexity index is 147. The lowest BCUT2D eigenvalue weighted by molar-refractivity contribution is 0.198. The van der Waals surface area contributed by atoms with E-state index >= 15 is 0 Å². The van der Waals surface area contributed by atoms with Gasteiger partial charge in [-0.05, 0) is 25.8 Å². The lowest BCUT2D eigenvalue weighted by Gasteiger charge is -2.29. The summed E-state index contributed by atoms with van der Waals surface area (Å²) in [5.74, 6) is 0.804. The Morgan fingerprint density at radius 1 is 1.46 bits per heavy atom. The third kappa shape index (κ3) is 2.96. The van der Waals surface area contributed by atoms with E-state index in [1.165, 1.54) is 32.2 Å². The van der Waals surface area contributed by atoms with E-state index in [-0.39, 0.29) is 0 Å². The summed E-state index contributed by atoms with van der Waals surface area (Å²) >= 11 is 0. The van der Waals surface area contributed by atoms with Crippen molar-refractivity contribution in [2.45, 2.75) is 51.6 Å². The second-order valence-electron chi connectivity index (χ2n) is 4.62. The average Bonchev–Trinajstić information content (AvgIpc) is 2.51. The summed E-state index contributed by atoms with van der Waals surface area (Å²) in [6.07, 6.45) is 5.10. The van der Waals surface area contributed by atoms with Crippen molar-refractivity contribution in [3.8, 4) is 0 Å². The molecule has 0 spiro atoms. The molecule has 1 fully saturated rings. The Labute approximate surface area is 82.5 Å². The van der Waals surface area contributed by atoms with Crippen LogP contribution in [0, 0.1) is 5.92 Å². The molecule has 0 aromatic carbocycles. The van der Waals surface area contributed by atoms with Crippen molar-refractivity contribution in [2.75, 3.05) is 13.6 Å². The van der Waals surface area contributed by atoms with Gasteiger partial charge in [-0.1, -0.05) is 26.7 Å². The largest absolute Gasteiger partial charge is 0.326 e. The van der Waals surface area contributed by atoms with Gasteiger partial charge in [-0.2, -0.15) is 0 Å². The number of likely N-dealkylation sites (N-methyl/N-ethyl adjacent to an activating group) is 1. The van der Waals surface area contributed by atoms with Crippen LogP contribution in [-0.2, 0) is 0 Å². The number of hydrogen-bond donors (Lipinski definition) is 1. The molecule has 0 radical (unpaired) electrons. The number of hydrogen-bond acceptors (Lipinski definition) is 2. The third-order valence-corrected chi connectivity index (χ3v) is 3.39. The fraction of sp³-hybridized carbons (Fsp3) is 1.00. The SMILES string of the molecule is CCC(C)CN(C)C1CCCC1N. The molecule has 0 amide bonds. The minimum absolute atomic E-state index is 0.425. The number of nitrogens with two attached hydrogens (primary N) is 1. The quantitative estimate of drug-likeness (QED) is 0.722. The van der Waals surface area contributed by atoms with E-state index < -0.39 is 0 Å². The molecule has 3 atom stereocenters. The van der Waals surface area contributed by atoms with Gasteiger partial charge in [-0.15, -0.1) is 0 Å². The highest BCUT2D eigenvalue weighted by molar-refractivity contribution is 4.87. The highest BCUT2D eigenvalue weighted by atomic mass is 15.1. The lowest BCUT2D eigenvalue weighted by Crippen LogP contribution is -2.43. The monoisotopic (exact) mass is 184 g/mol. The fourth-order valence-corrected chi connectivity index (χ4v) is 2.27. The van der Waals surface area contributed by atoms with Gasteiger partial charge in [-0.3, -0.25) is 0 Å². The molecule has 0 bridgehead atoms. The van der Waals surface area contributed by atoms with Crippen molar-refractivity contribution in [1.29, 1.82) is 0 Å². The molecule has 1 aliphatic carbocycles. The van der Waals surface area contributed by atoms with Crippen LogP contribution in [0.5, 0.6) is 0 Å². The van der Waals surface area contributed by atoms with Crippen molar-refractivity contribution < 1.29 is 0 Å². The van der Waals surface area contributed by atoms with Crippen LogP contribution >= 0.6 is 0 Å². The number of rotatable bonds is 4. The van der Waals surface area contributed by atoms with Gasteiger partial charge in [0.05, 0.1) is 0 Å². The summed E-state index contributed by atoms with van der Waals surface area (Å²) in [5.41, 5.74) is 6.06. The summed E-state index contributed by atoms with van der Waals surface area (Å²) in [6, 6.07) is 1.07. The molecule has 2 heteroatoms. The van der Waals surface area contributed by atoms with Gasteiger partial charge in [0.1, 0.15) is 0 Å². The summed E-state index contributed by atoms with van der Waals surface area (Å²) in [6.45, 7) is 5.78. The molecule has 78 valence electrons. The first-order valence-electron chi connectivity index (χ1n) is 5.61. The Kier molecular flexibility index (Phi) is 4.20. The summed E-state index contributed by atoms with van der Waals surface area (Å²) in [7, 11) is 2.22. The molecule has 1 rings (SSSR count). The van der Waals surface area contributed by atoms with E-state index in [2.05, 4.69) is 25.8 Å². The molecule has 2 N–H and O–H groups in total. The highest BCUT2D eigenvalue weighted by Gasteiger charge is 2.27. The maximum absolute atomic E-state index is 6.06. The fourth-order valence-electron chi connectivity index (χ4n) is 2.27. The Morgan fingerprint density at radius 3 is 2.62 bits per heavy atom. The van der Waals surface area contributed by atoms with Gasteiger partial charge in [0.2, 0.25) is 0 Å². The highest BCUT2D eigenvalue weighted by Crippen LogP contribution is 2.22. The smallest absolute Gasteiger partial charge is 0.0244 e. The second kappa shape index (κ2) is 4.97. The minimum atomic E-state index is 0.425. The summed E-state index contributed by atoms with van der Waals surface area (Å²) in [4.78, 5) is 2.46. The predicted octanol–water partition coefficient (Wildman–Crippen LogP) is 1.84. The van der Waals surface area contributed by atoms with Crippen LogP contribution in [0.1, 0.15) is 39.5 Å². The van der Waals surface area contributed by atoms with E-state index in [1.807, 2.05) is 0 Å². The first-order valence-corrected chi connectivity index (χ1v) is 5.61. The minimum Gasteiger partial charge on any atom is -0.326 e. The molecule has 0 aliphatic heterocycles. The Balaban J connectivity index is 2.33. The van der Waals surface area contributed by atoms with Crippen molar-refractivity contribution >= 4 is 0 Å². The van der Waals surface area contributed by atoms with Crippen LogP contribution in [0.2, 0.25) is 0 Å². The standard InChI is InChI=1S/C11H24N2/c1-4-9(2)8-13(3)11-7-5-6-10(11)12/h9-11H,4-8,12H2,1-3H3. The first kappa shape index (κ1) is 11.0. The molecule has 1 saturated carbocycles. The van der Waals surface area contributed by atoms with Gasteiger partial charge in [0.15, 0.2) is 0 Å². The van der Waals surface area contributed by atoms with Crippen molar-refractivity contribution in [3.63, 3.8) is 0 Å². The van der Waals surface area contributed by atoms with Gasteiger partial charge in [0.25, 0.3) is 0 Å². The maximum atomic E-state index is 6.06. The Hall–Kier alpha value is -0.0800. The van der Waals surface area contributed by atoms with E-state index in [4.69, 9.17) is 5.73 Å². The first-order chi connectivity index (χ1) is 6.15. The van der Waals surface area contributed by atoms with E-state index in [1.54, 1.807) is 0 Å². The zero-order valence-electron chi connectivity index (χ0n) is 9.29. The Morgan fingerprint density at radius 2 is 2.15 bits per heavy atom. The van der Waals surface area contributed by atoms with E-state index in [9.17, 15) is 0 Å². The predicted molar refractivity (Wildman–Crippen MR) is 57.7 cm³/mol. The van der Waals surface area contributed by atoms with E-state index in [0.29, 0.717) is 12.1 Å². The molecular formula is C11H24N2. The van der Waals surface area contributed by atoms with Crippen molar-refractivity contribution in [2.24, 2.45) is 11.7 Å². The molecule has 2 nitrogen and oxygen atoms in total. The van der Waals surface area contributed by atoms with Gasteiger partial charge in [0, 0.05) is 18.6 Å². The van der Waals surface area contributed by atoms with Crippen LogP contribution in [0.15, 0.2) is 0 Å². The molecule has 0 aromatic heterocycles. The van der Waals surface area contributed by atoms with Crippen LogP contribution in [-0.4, -0.2) is 30.6 Å². The van der Waals surface area contributed by atoms with Crippen LogP contribution in [0.3, 0.4) is 0 Å². The molecule has 0 aromatic rings. The lowest BCUT2D eigenvalue weighted by atomic mass is 10.1. The molecule has 13 heavy (non-hydrogen) atoms. The second-order valence-corrected chi connectivity index (χ2v) is 4.62. The normalized spacial score (nSPS) is 31.2. The average molecular weight is 184 g/mol. The van der Waals surface area contributed by atoms with Crippen molar-refractivity contribution in [1.82, 2.24) is 4.90 Å². The zero-order chi connectivity index (χ0) is 9.84. The molecule has 1 aliphatic rings. The summed E-state index contributed by atoms with van der Waals surface area (Å²) < 4.78 is 0. The van der Waals surface area contributed by atoms with Crippen LogP contribution < -0.4 is 5.73 Å². The molecule has 3 unspecified atom stereocenters. The zero-order valence-corrected chi connectivity index (χ0v) is 9.29.